The van der Waals surface area contributed by atoms with Crippen LogP contribution >= 0.6 is 11.6 Å². The highest BCUT2D eigenvalue weighted by molar-refractivity contribution is 6.30. The fraction of sp³-hybridized carbons (Fsp3) is 0.600. The number of amides is 1. The van der Waals surface area contributed by atoms with Gasteiger partial charge in [-0.2, -0.15) is 0 Å². The molecule has 0 radical (unpaired) electrons. The third-order valence-electron chi connectivity index (χ3n) is 0.838. The predicted octanol–water partition coefficient (Wildman–Crippen LogP) is 0.0803. The maximum Gasteiger partial charge on any atom is 0.408 e. The van der Waals surface area contributed by atoms with Gasteiger partial charge in [0.2, 0.25) is 5.50 Å². The van der Waals surface area contributed by atoms with Crippen molar-refractivity contribution in [3.05, 3.63) is 0 Å². The molecule has 1 amide bonds. The van der Waals surface area contributed by atoms with Crippen LogP contribution in [-0.2, 0) is 14.3 Å². The number of carbonyl (C=O) groups excluding carboxylic acids is 2. The molecule has 1 atom stereocenters. The summed E-state index contributed by atoms with van der Waals surface area (Å²) in [4.78, 5) is 21.0. The molecule has 0 aromatic heterocycles. The molecule has 0 aliphatic rings. The van der Waals surface area contributed by atoms with Gasteiger partial charge in [0.25, 0.3) is 0 Å². The Morgan fingerprint density at radius 3 is 2.27 bits per heavy atom. The summed E-state index contributed by atoms with van der Waals surface area (Å²) >= 11 is 5.32. The number of hydrogen-bond acceptors (Lipinski definition) is 4. The van der Waals surface area contributed by atoms with Gasteiger partial charge in [0.1, 0.15) is 0 Å². The van der Waals surface area contributed by atoms with Crippen molar-refractivity contribution in [3.63, 3.8) is 0 Å². The molecule has 0 aromatic carbocycles. The number of hydrogen-bond donors (Lipinski definition) is 1. The first-order valence-electron chi connectivity index (χ1n) is 2.68. The number of rotatable bonds is 2. The Labute approximate surface area is 68.6 Å². The van der Waals surface area contributed by atoms with Gasteiger partial charge in [-0.3, -0.25) is 5.32 Å². The maximum atomic E-state index is 10.5. The molecule has 11 heavy (non-hydrogen) atoms. The smallest absolute Gasteiger partial charge is 0.408 e. The zero-order valence-corrected chi connectivity index (χ0v) is 6.84. The number of nitrogens with one attached hydrogen (secondary N) is 1. The van der Waals surface area contributed by atoms with Crippen LogP contribution in [0.5, 0.6) is 0 Å². The number of ether oxygens (including phenoxy) is 2. The zero-order valence-electron chi connectivity index (χ0n) is 6.09. The average molecular weight is 182 g/mol. The molecule has 0 aromatic rings. The molecule has 0 spiro atoms. The average Bonchev–Trinajstić information content (AvgIpc) is 2.02. The SMILES string of the molecule is COC(=O)N[C@H](Cl)C(=O)OC. The number of alkyl carbamates (subject to hydrolysis) is 1. The van der Waals surface area contributed by atoms with Crippen LogP contribution in [0.4, 0.5) is 4.79 Å². The molecular weight excluding hydrogens is 174 g/mol. The summed E-state index contributed by atoms with van der Waals surface area (Å²) in [6.45, 7) is 0. The van der Waals surface area contributed by atoms with Gasteiger partial charge in [-0.25, -0.2) is 9.59 Å². The quantitative estimate of drug-likeness (QED) is 0.372. The summed E-state index contributed by atoms with van der Waals surface area (Å²) < 4.78 is 8.39. The third-order valence-corrected chi connectivity index (χ3v) is 1.13. The van der Waals surface area contributed by atoms with E-state index in [-0.39, 0.29) is 0 Å². The largest absolute Gasteiger partial charge is 0.467 e. The predicted molar refractivity (Wildman–Crippen MR) is 37.2 cm³/mol. The first-order valence-corrected chi connectivity index (χ1v) is 3.11. The van der Waals surface area contributed by atoms with E-state index in [9.17, 15) is 9.59 Å². The van der Waals surface area contributed by atoms with Crippen LogP contribution in [-0.4, -0.2) is 31.8 Å². The number of esters is 1. The lowest BCUT2D eigenvalue weighted by molar-refractivity contribution is -0.140. The van der Waals surface area contributed by atoms with Gasteiger partial charge in [-0.05, 0) is 0 Å². The molecule has 0 fully saturated rings. The first-order chi connectivity index (χ1) is 5.11. The second kappa shape index (κ2) is 4.79. The lowest BCUT2D eigenvalue weighted by Gasteiger charge is -2.07. The summed E-state index contributed by atoms with van der Waals surface area (Å²) in [5.41, 5.74) is -1.20. The van der Waals surface area contributed by atoms with Crippen LogP contribution in [0.2, 0.25) is 0 Å². The van der Waals surface area contributed by atoms with E-state index < -0.39 is 17.6 Å². The van der Waals surface area contributed by atoms with Crippen LogP contribution in [0.1, 0.15) is 0 Å². The van der Waals surface area contributed by atoms with Crippen molar-refractivity contribution in [2.45, 2.75) is 5.50 Å². The Morgan fingerprint density at radius 1 is 1.36 bits per heavy atom. The molecule has 0 aliphatic heterocycles. The van der Waals surface area contributed by atoms with Crippen molar-refractivity contribution in [1.29, 1.82) is 0 Å². The standard InChI is InChI=1S/C5H8ClNO4/c1-10-4(8)3(6)7-5(9)11-2/h3H,1-2H3,(H,7,9)/t3-/m0/s1. The van der Waals surface area contributed by atoms with Crippen molar-refractivity contribution < 1.29 is 19.1 Å². The molecule has 0 aliphatic carbocycles. The first kappa shape index (κ1) is 10.0. The summed E-state index contributed by atoms with van der Waals surface area (Å²) in [5.74, 6) is -0.739. The van der Waals surface area contributed by atoms with Gasteiger partial charge >= 0.3 is 12.1 Å². The summed E-state index contributed by atoms with van der Waals surface area (Å²) in [5, 5.41) is 2.01. The summed E-state index contributed by atoms with van der Waals surface area (Å²) in [7, 11) is 2.33. The molecule has 0 unspecified atom stereocenters. The number of carbonyl (C=O) groups is 2. The van der Waals surface area contributed by atoms with Crippen molar-refractivity contribution in [2.75, 3.05) is 14.2 Å². The van der Waals surface area contributed by atoms with Crippen LogP contribution in [0.25, 0.3) is 0 Å². The van der Waals surface area contributed by atoms with Crippen LogP contribution in [0, 0.1) is 0 Å². The molecular formula is C5H8ClNO4. The van der Waals surface area contributed by atoms with E-state index in [1.807, 2.05) is 5.32 Å². The third kappa shape index (κ3) is 3.67. The second-order valence-electron chi connectivity index (χ2n) is 1.52. The fourth-order valence-corrected chi connectivity index (χ4v) is 0.503. The Morgan fingerprint density at radius 2 is 1.91 bits per heavy atom. The van der Waals surface area contributed by atoms with E-state index in [1.54, 1.807) is 0 Å². The molecule has 0 saturated heterocycles. The maximum absolute atomic E-state index is 10.5. The monoisotopic (exact) mass is 181 g/mol. The number of alkyl halides is 1. The number of methoxy groups -OCH3 is 2. The van der Waals surface area contributed by atoms with Crippen LogP contribution < -0.4 is 5.32 Å². The van der Waals surface area contributed by atoms with Gasteiger partial charge in [0, 0.05) is 0 Å². The molecule has 1 N–H and O–H groups in total. The van der Waals surface area contributed by atoms with Crippen molar-refractivity contribution in [1.82, 2.24) is 5.32 Å². The molecule has 0 bridgehead atoms. The minimum Gasteiger partial charge on any atom is -0.467 e. The minimum atomic E-state index is -1.20. The number of halogens is 1. The van der Waals surface area contributed by atoms with E-state index in [1.165, 1.54) is 0 Å². The normalized spacial score (nSPS) is 11.5. The second-order valence-corrected chi connectivity index (χ2v) is 1.96. The Balaban J connectivity index is 3.77. The van der Waals surface area contributed by atoms with E-state index in [4.69, 9.17) is 11.6 Å². The lowest BCUT2D eigenvalue weighted by atomic mass is 10.6. The molecule has 6 heteroatoms. The van der Waals surface area contributed by atoms with Gasteiger partial charge in [0.15, 0.2) is 0 Å². The van der Waals surface area contributed by atoms with Crippen molar-refractivity contribution >= 4 is 23.7 Å². The molecule has 0 rings (SSSR count). The summed E-state index contributed by atoms with van der Waals surface area (Å²) in [6, 6.07) is 0. The lowest BCUT2D eigenvalue weighted by Crippen LogP contribution is -2.37. The Bertz CT molecular complexity index is 161. The molecule has 0 heterocycles. The van der Waals surface area contributed by atoms with E-state index in [0.29, 0.717) is 0 Å². The highest BCUT2D eigenvalue weighted by Crippen LogP contribution is 1.93. The van der Waals surface area contributed by atoms with Gasteiger partial charge in [-0.15, -0.1) is 0 Å². The van der Waals surface area contributed by atoms with Crippen LogP contribution in [0.15, 0.2) is 0 Å². The van der Waals surface area contributed by atoms with Gasteiger partial charge < -0.3 is 9.47 Å². The van der Waals surface area contributed by atoms with E-state index in [0.717, 1.165) is 14.2 Å². The molecule has 5 nitrogen and oxygen atoms in total. The van der Waals surface area contributed by atoms with Gasteiger partial charge in [0.05, 0.1) is 14.2 Å². The Hall–Kier alpha value is -0.970. The summed E-state index contributed by atoms with van der Waals surface area (Å²) in [6.07, 6.45) is -0.782. The fourth-order valence-electron chi connectivity index (χ4n) is 0.325. The molecule has 0 saturated carbocycles. The van der Waals surface area contributed by atoms with E-state index >= 15 is 0 Å². The molecule has 64 valence electrons. The topological polar surface area (TPSA) is 64.6 Å². The highest BCUT2D eigenvalue weighted by atomic mass is 35.5. The van der Waals surface area contributed by atoms with Crippen molar-refractivity contribution in [2.24, 2.45) is 0 Å². The Kier molecular flexibility index (Phi) is 4.36. The highest BCUT2D eigenvalue weighted by Gasteiger charge is 2.17. The van der Waals surface area contributed by atoms with Gasteiger partial charge in [-0.1, -0.05) is 11.6 Å². The van der Waals surface area contributed by atoms with E-state index in [2.05, 4.69) is 9.47 Å². The van der Waals surface area contributed by atoms with Crippen molar-refractivity contribution in [3.8, 4) is 0 Å². The minimum absolute atomic E-state index is 0.739. The zero-order chi connectivity index (χ0) is 8.85. The van der Waals surface area contributed by atoms with Crippen LogP contribution in [0.3, 0.4) is 0 Å².